The van der Waals surface area contributed by atoms with Crippen LogP contribution in [0.15, 0.2) is 24.3 Å². The smallest absolute Gasteiger partial charge is 0.308 e. The number of likely N-dealkylation sites (tertiary alicyclic amines) is 1. The zero-order valence-corrected chi connectivity index (χ0v) is 13.8. The normalized spacial score (nSPS) is 22.5. The first-order valence-corrected chi connectivity index (χ1v) is 7.81. The van der Waals surface area contributed by atoms with Gasteiger partial charge in [0.25, 0.3) is 5.91 Å². The van der Waals surface area contributed by atoms with E-state index in [1.807, 2.05) is 31.2 Å². The third-order valence-corrected chi connectivity index (χ3v) is 4.29. The van der Waals surface area contributed by atoms with Crippen LogP contribution in [0, 0.1) is 11.8 Å². The molecule has 0 spiro atoms. The predicted molar refractivity (Wildman–Crippen MR) is 86.0 cm³/mol. The van der Waals surface area contributed by atoms with Crippen LogP contribution in [-0.2, 0) is 10.2 Å². The molecule has 1 aromatic carbocycles. The van der Waals surface area contributed by atoms with Crippen LogP contribution in [0.4, 0.5) is 0 Å². The van der Waals surface area contributed by atoms with Crippen molar-refractivity contribution in [3.8, 4) is 0 Å². The van der Waals surface area contributed by atoms with Crippen LogP contribution < -0.4 is 0 Å². The average Bonchev–Trinajstić information content (AvgIpc) is 2.45. The highest BCUT2D eigenvalue weighted by Gasteiger charge is 2.32. The van der Waals surface area contributed by atoms with Crippen LogP contribution in [0.5, 0.6) is 0 Å². The maximum Gasteiger partial charge on any atom is 0.308 e. The Morgan fingerprint density at radius 3 is 2.23 bits per heavy atom. The van der Waals surface area contributed by atoms with E-state index in [1.165, 1.54) is 5.56 Å². The predicted octanol–water partition coefficient (Wildman–Crippen LogP) is 3.17. The van der Waals surface area contributed by atoms with E-state index in [4.69, 9.17) is 0 Å². The third kappa shape index (κ3) is 3.67. The zero-order chi connectivity index (χ0) is 16.5. The molecule has 1 N–H and O–H groups in total. The Bertz CT molecular complexity index is 557. The van der Waals surface area contributed by atoms with Gasteiger partial charge in [0, 0.05) is 18.7 Å². The molecule has 1 aliphatic rings. The Balaban J connectivity index is 2.15. The fourth-order valence-corrected chi connectivity index (χ4v) is 2.99. The number of aliphatic carboxylic acids is 1. The van der Waals surface area contributed by atoms with E-state index >= 15 is 0 Å². The van der Waals surface area contributed by atoms with Crippen LogP contribution in [0.3, 0.4) is 0 Å². The maximum atomic E-state index is 12.6. The molecule has 1 aromatic rings. The minimum absolute atomic E-state index is 0.0512. The van der Waals surface area contributed by atoms with Gasteiger partial charge in [-0.2, -0.15) is 0 Å². The standard InChI is InChI=1S/C18H25NO3/c1-12-9-14(17(21)22)11-19(10-12)16(20)13-5-7-15(8-6-13)18(2,3)4/h5-8,12,14H,9-11H2,1-4H3,(H,21,22). The van der Waals surface area contributed by atoms with Crippen LogP contribution in [0.25, 0.3) is 0 Å². The number of carboxylic acid groups (broad SMARTS) is 1. The number of rotatable bonds is 2. The molecule has 4 heteroatoms. The Kier molecular flexibility index (Phi) is 4.59. The van der Waals surface area contributed by atoms with Crippen molar-refractivity contribution < 1.29 is 14.7 Å². The summed E-state index contributed by atoms with van der Waals surface area (Å²) in [6.07, 6.45) is 0.641. The Hall–Kier alpha value is -1.84. The van der Waals surface area contributed by atoms with E-state index < -0.39 is 11.9 Å². The molecule has 0 aromatic heterocycles. The molecule has 1 amide bonds. The average molecular weight is 303 g/mol. The molecule has 1 aliphatic heterocycles. The Labute approximate surface area is 132 Å². The minimum atomic E-state index is -0.813. The molecule has 1 heterocycles. The molecule has 0 aliphatic carbocycles. The number of amides is 1. The van der Waals surface area contributed by atoms with Crippen molar-refractivity contribution in [3.63, 3.8) is 0 Å². The monoisotopic (exact) mass is 303 g/mol. The van der Waals surface area contributed by atoms with Crippen molar-refractivity contribution in [2.75, 3.05) is 13.1 Å². The molecule has 2 rings (SSSR count). The molecule has 1 saturated heterocycles. The summed E-state index contributed by atoms with van der Waals surface area (Å²) in [6, 6.07) is 7.65. The van der Waals surface area contributed by atoms with Crippen molar-refractivity contribution in [3.05, 3.63) is 35.4 Å². The number of hydrogen-bond donors (Lipinski definition) is 1. The topological polar surface area (TPSA) is 57.6 Å². The molecule has 2 atom stereocenters. The summed E-state index contributed by atoms with van der Waals surface area (Å²) in [7, 11) is 0. The number of carboxylic acids is 1. The van der Waals surface area contributed by atoms with Gasteiger partial charge in [-0.25, -0.2) is 0 Å². The van der Waals surface area contributed by atoms with Gasteiger partial charge in [0.1, 0.15) is 0 Å². The van der Waals surface area contributed by atoms with E-state index in [0.29, 0.717) is 25.1 Å². The van der Waals surface area contributed by atoms with Crippen LogP contribution in [0.1, 0.15) is 50.0 Å². The lowest BCUT2D eigenvalue weighted by Gasteiger charge is -2.34. The second kappa shape index (κ2) is 6.11. The fraction of sp³-hybridized carbons (Fsp3) is 0.556. The molecule has 0 bridgehead atoms. The molecule has 22 heavy (non-hydrogen) atoms. The largest absolute Gasteiger partial charge is 0.481 e. The van der Waals surface area contributed by atoms with E-state index in [1.54, 1.807) is 4.90 Å². The highest BCUT2D eigenvalue weighted by Crippen LogP contribution is 2.25. The summed E-state index contributed by atoms with van der Waals surface area (Å²) in [5, 5.41) is 9.21. The first-order valence-electron chi connectivity index (χ1n) is 7.81. The van der Waals surface area contributed by atoms with Crippen molar-refractivity contribution in [1.29, 1.82) is 0 Å². The van der Waals surface area contributed by atoms with Gasteiger partial charge in [-0.15, -0.1) is 0 Å². The van der Waals surface area contributed by atoms with Gasteiger partial charge in [0.05, 0.1) is 5.92 Å². The molecule has 2 unspecified atom stereocenters. The van der Waals surface area contributed by atoms with E-state index in [-0.39, 0.29) is 17.2 Å². The lowest BCUT2D eigenvalue weighted by Crippen LogP contribution is -2.45. The second-order valence-corrected chi connectivity index (χ2v) is 7.41. The van der Waals surface area contributed by atoms with Gasteiger partial charge in [0.2, 0.25) is 0 Å². The van der Waals surface area contributed by atoms with E-state index in [0.717, 1.165) is 0 Å². The maximum absolute atomic E-state index is 12.6. The van der Waals surface area contributed by atoms with Crippen molar-refractivity contribution in [2.24, 2.45) is 11.8 Å². The van der Waals surface area contributed by atoms with Gasteiger partial charge >= 0.3 is 5.97 Å². The lowest BCUT2D eigenvalue weighted by atomic mass is 9.86. The number of nitrogens with zero attached hydrogens (tertiary/aromatic N) is 1. The number of benzene rings is 1. The first-order chi connectivity index (χ1) is 10.2. The number of carbonyl (C=O) groups is 2. The molecule has 0 saturated carbocycles. The van der Waals surface area contributed by atoms with Crippen molar-refractivity contribution >= 4 is 11.9 Å². The highest BCUT2D eigenvalue weighted by molar-refractivity contribution is 5.94. The highest BCUT2D eigenvalue weighted by atomic mass is 16.4. The van der Waals surface area contributed by atoms with Gasteiger partial charge in [-0.1, -0.05) is 39.8 Å². The molecule has 1 fully saturated rings. The van der Waals surface area contributed by atoms with Gasteiger partial charge < -0.3 is 10.0 Å². The van der Waals surface area contributed by atoms with Crippen LogP contribution >= 0.6 is 0 Å². The van der Waals surface area contributed by atoms with Crippen LogP contribution in [0.2, 0.25) is 0 Å². The summed E-state index contributed by atoms with van der Waals surface area (Å²) >= 11 is 0. The second-order valence-electron chi connectivity index (χ2n) is 7.41. The molecule has 4 nitrogen and oxygen atoms in total. The summed E-state index contributed by atoms with van der Waals surface area (Å²) in [6.45, 7) is 9.33. The van der Waals surface area contributed by atoms with Crippen molar-refractivity contribution in [2.45, 2.75) is 39.5 Å². The van der Waals surface area contributed by atoms with Gasteiger partial charge in [-0.05, 0) is 35.4 Å². The summed E-state index contributed by atoms with van der Waals surface area (Å²) in [4.78, 5) is 25.5. The minimum Gasteiger partial charge on any atom is -0.481 e. The fourth-order valence-electron chi connectivity index (χ4n) is 2.99. The zero-order valence-electron chi connectivity index (χ0n) is 13.8. The Morgan fingerprint density at radius 1 is 1.14 bits per heavy atom. The molecular weight excluding hydrogens is 278 g/mol. The molecule has 0 radical (unpaired) electrons. The number of carbonyl (C=O) groups excluding carboxylic acids is 1. The molecule has 120 valence electrons. The van der Waals surface area contributed by atoms with E-state index in [9.17, 15) is 14.7 Å². The Morgan fingerprint density at radius 2 is 1.73 bits per heavy atom. The number of hydrogen-bond acceptors (Lipinski definition) is 2. The van der Waals surface area contributed by atoms with Gasteiger partial charge in [-0.3, -0.25) is 9.59 Å². The quantitative estimate of drug-likeness (QED) is 0.913. The first kappa shape index (κ1) is 16.5. The van der Waals surface area contributed by atoms with Crippen molar-refractivity contribution in [1.82, 2.24) is 4.90 Å². The van der Waals surface area contributed by atoms with E-state index in [2.05, 4.69) is 20.8 Å². The third-order valence-electron chi connectivity index (χ3n) is 4.29. The summed E-state index contributed by atoms with van der Waals surface area (Å²) in [5.74, 6) is -1.13. The SMILES string of the molecule is CC1CC(C(=O)O)CN(C(=O)c2ccc(C(C)(C)C)cc2)C1. The lowest BCUT2D eigenvalue weighted by molar-refractivity contribution is -0.143. The van der Waals surface area contributed by atoms with Gasteiger partial charge in [0.15, 0.2) is 0 Å². The summed E-state index contributed by atoms with van der Waals surface area (Å²) in [5.41, 5.74) is 1.86. The molecular formula is C18H25NO3. The number of piperidine rings is 1. The summed E-state index contributed by atoms with van der Waals surface area (Å²) < 4.78 is 0. The van der Waals surface area contributed by atoms with Crippen LogP contribution in [-0.4, -0.2) is 35.0 Å².